The van der Waals surface area contributed by atoms with Crippen molar-refractivity contribution < 1.29 is 4.79 Å². The Morgan fingerprint density at radius 3 is 2.83 bits per heavy atom. The van der Waals surface area contributed by atoms with Gasteiger partial charge in [0.25, 0.3) is 5.91 Å². The maximum atomic E-state index is 12.5. The van der Waals surface area contributed by atoms with E-state index >= 15 is 0 Å². The minimum absolute atomic E-state index is 0.0125. The van der Waals surface area contributed by atoms with Gasteiger partial charge in [0.05, 0.1) is 0 Å². The van der Waals surface area contributed by atoms with Crippen LogP contribution >= 0.6 is 0 Å². The van der Waals surface area contributed by atoms with Crippen LogP contribution in [0.5, 0.6) is 0 Å². The Labute approximate surface area is 107 Å². The van der Waals surface area contributed by atoms with E-state index < -0.39 is 0 Å². The predicted octanol–water partition coefficient (Wildman–Crippen LogP) is 0.467. The Balaban J connectivity index is 2.22. The summed E-state index contributed by atoms with van der Waals surface area (Å²) < 4.78 is 0. The number of anilines is 1. The maximum Gasteiger partial charge on any atom is 0.259 e. The van der Waals surface area contributed by atoms with Crippen molar-refractivity contribution in [3.8, 4) is 0 Å². The average Bonchev–Trinajstić information content (AvgIpc) is 2.53. The van der Waals surface area contributed by atoms with Crippen LogP contribution < -0.4 is 5.73 Å². The van der Waals surface area contributed by atoms with E-state index in [4.69, 9.17) is 5.73 Å². The molecule has 1 aliphatic heterocycles. The molecule has 0 spiro atoms. The summed E-state index contributed by atoms with van der Waals surface area (Å²) in [5.41, 5.74) is 7.02. The van der Waals surface area contributed by atoms with Crippen LogP contribution in [0.3, 0.4) is 0 Å². The molecule has 1 aromatic rings. The van der Waals surface area contributed by atoms with Crippen molar-refractivity contribution >= 4 is 11.7 Å². The topological polar surface area (TPSA) is 78.2 Å². The number of carbonyl (C=O) groups excluding carboxylic acids is 1. The number of amides is 1. The average molecular weight is 251 g/mol. The monoisotopic (exact) mass is 251 g/mol. The molecule has 0 aliphatic carbocycles. The number of nitrogens with one attached hydrogen (secondary N) is 1. The molecular formula is C12H21N5O. The molecule has 0 bridgehead atoms. The van der Waals surface area contributed by atoms with Crippen molar-refractivity contribution in [1.29, 1.82) is 0 Å². The Bertz CT molecular complexity index is 422. The number of aromatic nitrogens is 2. The van der Waals surface area contributed by atoms with Crippen LogP contribution in [0.15, 0.2) is 0 Å². The van der Waals surface area contributed by atoms with Gasteiger partial charge >= 0.3 is 0 Å². The number of carbonyl (C=O) groups is 1. The van der Waals surface area contributed by atoms with Crippen molar-refractivity contribution in [3.63, 3.8) is 0 Å². The molecule has 0 saturated carbocycles. The van der Waals surface area contributed by atoms with E-state index in [-0.39, 0.29) is 11.9 Å². The zero-order chi connectivity index (χ0) is 13.3. The highest BCUT2D eigenvalue weighted by Gasteiger charge is 2.28. The van der Waals surface area contributed by atoms with E-state index in [1.54, 1.807) is 0 Å². The summed E-state index contributed by atoms with van der Waals surface area (Å²) >= 11 is 0. The molecule has 18 heavy (non-hydrogen) atoms. The fourth-order valence-corrected chi connectivity index (χ4v) is 2.54. The fourth-order valence-electron chi connectivity index (χ4n) is 2.54. The number of nitrogens with zero attached hydrogens (tertiary/aromatic N) is 3. The number of hydrogen-bond acceptors (Lipinski definition) is 4. The highest BCUT2D eigenvalue weighted by atomic mass is 16.2. The molecule has 100 valence electrons. The van der Waals surface area contributed by atoms with Gasteiger partial charge in [-0.2, -0.15) is 5.10 Å². The quantitative estimate of drug-likeness (QED) is 0.760. The maximum absolute atomic E-state index is 12.5. The van der Waals surface area contributed by atoms with Gasteiger partial charge in [-0.1, -0.05) is 0 Å². The molecule has 3 N–H and O–H groups in total. The standard InChI is InChI=1S/C12H21N5O/c1-8-7-16(3)5-4-6-17(8)12(18)10-9(2)14-15-11(10)13/h8H,4-7H2,1-3H3,(H3,13,14,15). The fraction of sp³-hybridized carbons (Fsp3) is 0.667. The van der Waals surface area contributed by atoms with Crippen LogP contribution in [0, 0.1) is 6.92 Å². The summed E-state index contributed by atoms with van der Waals surface area (Å²) in [4.78, 5) is 16.7. The molecule has 1 aromatic heterocycles. The molecule has 6 nitrogen and oxygen atoms in total. The molecule has 2 heterocycles. The lowest BCUT2D eigenvalue weighted by Crippen LogP contribution is -2.42. The first-order valence-corrected chi connectivity index (χ1v) is 6.30. The van der Waals surface area contributed by atoms with Crippen LogP contribution in [0.25, 0.3) is 0 Å². The Kier molecular flexibility index (Phi) is 3.56. The van der Waals surface area contributed by atoms with Crippen LogP contribution in [0.4, 0.5) is 5.82 Å². The lowest BCUT2D eigenvalue weighted by molar-refractivity contribution is 0.0697. The van der Waals surface area contributed by atoms with Crippen molar-refractivity contribution in [2.45, 2.75) is 26.3 Å². The zero-order valence-electron chi connectivity index (χ0n) is 11.2. The van der Waals surface area contributed by atoms with Crippen LogP contribution in [0.2, 0.25) is 0 Å². The van der Waals surface area contributed by atoms with E-state index in [1.807, 2.05) is 11.8 Å². The first kappa shape index (κ1) is 12.9. The minimum Gasteiger partial charge on any atom is -0.382 e. The SMILES string of the molecule is Cc1[nH]nc(N)c1C(=O)N1CCCN(C)CC1C. The predicted molar refractivity (Wildman–Crippen MR) is 70.3 cm³/mol. The number of H-pyrrole nitrogens is 1. The molecule has 6 heteroatoms. The Morgan fingerprint density at radius 2 is 2.22 bits per heavy atom. The molecule has 2 rings (SSSR count). The normalized spacial score (nSPS) is 21.9. The minimum atomic E-state index is -0.0125. The van der Waals surface area contributed by atoms with E-state index in [1.165, 1.54) is 0 Å². The summed E-state index contributed by atoms with van der Waals surface area (Å²) in [7, 11) is 2.09. The molecule has 0 radical (unpaired) electrons. The second-order valence-electron chi connectivity index (χ2n) is 5.07. The number of aromatic amines is 1. The Hall–Kier alpha value is -1.56. The number of rotatable bonds is 1. The van der Waals surface area contributed by atoms with E-state index in [2.05, 4.69) is 29.1 Å². The first-order valence-electron chi connectivity index (χ1n) is 6.30. The third-order valence-corrected chi connectivity index (χ3v) is 3.50. The molecule has 1 unspecified atom stereocenters. The van der Waals surface area contributed by atoms with Crippen molar-refractivity contribution in [2.75, 3.05) is 32.4 Å². The smallest absolute Gasteiger partial charge is 0.259 e. The van der Waals surface area contributed by atoms with Gasteiger partial charge in [-0.3, -0.25) is 9.89 Å². The second-order valence-corrected chi connectivity index (χ2v) is 5.07. The number of aryl methyl sites for hydroxylation is 1. The summed E-state index contributed by atoms with van der Waals surface area (Å²) in [6, 6.07) is 0.193. The number of nitrogen functional groups attached to an aromatic ring is 1. The third kappa shape index (κ3) is 2.33. The molecule has 1 aliphatic rings. The van der Waals surface area contributed by atoms with E-state index in [0.717, 1.165) is 31.7 Å². The molecule has 1 amide bonds. The van der Waals surface area contributed by atoms with Gasteiger partial charge < -0.3 is 15.5 Å². The van der Waals surface area contributed by atoms with Crippen LogP contribution in [-0.4, -0.2) is 58.6 Å². The van der Waals surface area contributed by atoms with E-state index in [0.29, 0.717) is 11.4 Å². The van der Waals surface area contributed by atoms with Gasteiger partial charge in [-0.25, -0.2) is 0 Å². The van der Waals surface area contributed by atoms with Gasteiger partial charge in [0.1, 0.15) is 5.56 Å². The van der Waals surface area contributed by atoms with Crippen molar-refractivity contribution in [2.24, 2.45) is 0 Å². The van der Waals surface area contributed by atoms with Crippen LogP contribution in [0.1, 0.15) is 29.4 Å². The highest BCUT2D eigenvalue weighted by Crippen LogP contribution is 2.18. The molecule has 1 atom stereocenters. The van der Waals surface area contributed by atoms with Gasteiger partial charge in [0, 0.05) is 24.8 Å². The molecule has 0 aromatic carbocycles. The number of nitrogens with two attached hydrogens (primary N) is 1. The van der Waals surface area contributed by atoms with Crippen molar-refractivity contribution in [3.05, 3.63) is 11.3 Å². The lowest BCUT2D eigenvalue weighted by Gasteiger charge is -2.28. The largest absolute Gasteiger partial charge is 0.382 e. The second kappa shape index (κ2) is 4.97. The van der Waals surface area contributed by atoms with Gasteiger partial charge in [0.2, 0.25) is 0 Å². The summed E-state index contributed by atoms with van der Waals surface area (Å²) in [6.45, 7) is 6.58. The molecular weight excluding hydrogens is 230 g/mol. The molecule has 1 saturated heterocycles. The first-order chi connectivity index (χ1) is 8.50. The Morgan fingerprint density at radius 1 is 1.50 bits per heavy atom. The summed E-state index contributed by atoms with van der Waals surface area (Å²) in [5.74, 6) is 0.281. The van der Waals surface area contributed by atoms with Crippen molar-refractivity contribution in [1.82, 2.24) is 20.0 Å². The zero-order valence-corrected chi connectivity index (χ0v) is 11.2. The summed E-state index contributed by atoms with van der Waals surface area (Å²) in [5, 5.41) is 6.65. The van der Waals surface area contributed by atoms with Gasteiger partial charge in [0.15, 0.2) is 5.82 Å². The molecule has 1 fully saturated rings. The van der Waals surface area contributed by atoms with E-state index in [9.17, 15) is 4.79 Å². The number of hydrogen-bond donors (Lipinski definition) is 2. The number of likely N-dealkylation sites (N-methyl/N-ethyl adjacent to an activating group) is 1. The van der Waals surface area contributed by atoms with Crippen LogP contribution in [-0.2, 0) is 0 Å². The highest BCUT2D eigenvalue weighted by molar-refractivity contribution is 5.99. The lowest BCUT2D eigenvalue weighted by atomic mass is 10.1. The third-order valence-electron chi connectivity index (χ3n) is 3.50. The van der Waals surface area contributed by atoms with Gasteiger partial charge in [-0.05, 0) is 33.9 Å². The van der Waals surface area contributed by atoms with Gasteiger partial charge in [-0.15, -0.1) is 0 Å². The summed E-state index contributed by atoms with van der Waals surface area (Å²) in [6.07, 6.45) is 0.989.